The van der Waals surface area contributed by atoms with E-state index in [0.717, 1.165) is 11.5 Å². The Hall–Kier alpha value is -2.04. The highest BCUT2D eigenvalue weighted by atomic mass is 16.5. The molecule has 2 rings (SSSR count). The number of oxime groups is 1. The Balaban J connectivity index is 2.04. The second-order valence-corrected chi connectivity index (χ2v) is 4.95. The summed E-state index contributed by atoms with van der Waals surface area (Å²) in [5.41, 5.74) is 1.42. The van der Waals surface area contributed by atoms with E-state index in [4.69, 9.17) is 9.94 Å². The molecule has 1 unspecified atom stereocenters. The van der Waals surface area contributed by atoms with Crippen LogP contribution in [0.4, 0.5) is 0 Å². The molecule has 1 saturated heterocycles. The summed E-state index contributed by atoms with van der Waals surface area (Å²) in [4.78, 5) is 14.2. The zero-order valence-electron chi connectivity index (χ0n) is 11.9. The lowest BCUT2D eigenvalue weighted by atomic mass is 9.97. The number of piperidine rings is 1. The van der Waals surface area contributed by atoms with E-state index in [1.54, 1.807) is 17.0 Å². The molecular formula is C15H20N2O3. The lowest BCUT2D eigenvalue weighted by molar-refractivity contribution is 0.0734. The zero-order valence-corrected chi connectivity index (χ0v) is 11.9. The topological polar surface area (TPSA) is 62.1 Å². The molecule has 0 radical (unpaired) electrons. The number of amides is 1. The first-order valence-electron chi connectivity index (χ1n) is 6.88. The maximum absolute atomic E-state index is 12.4. The summed E-state index contributed by atoms with van der Waals surface area (Å²) in [6.07, 6.45) is 0.625. The number of carbonyl (C=O) groups is 1. The van der Waals surface area contributed by atoms with Gasteiger partial charge in [0.1, 0.15) is 5.75 Å². The molecule has 1 aliphatic heterocycles. The summed E-state index contributed by atoms with van der Waals surface area (Å²) < 4.78 is 5.36. The van der Waals surface area contributed by atoms with Gasteiger partial charge in [-0.2, -0.15) is 0 Å². The van der Waals surface area contributed by atoms with Crippen molar-refractivity contribution in [3.63, 3.8) is 0 Å². The fourth-order valence-electron chi connectivity index (χ4n) is 2.40. The summed E-state index contributed by atoms with van der Waals surface area (Å²) in [6, 6.07) is 7.19. The third kappa shape index (κ3) is 3.10. The average Bonchev–Trinajstić information content (AvgIpc) is 2.47. The first kappa shape index (κ1) is 14.4. The van der Waals surface area contributed by atoms with Crippen LogP contribution in [-0.4, -0.2) is 41.4 Å². The summed E-state index contributed by atoms with van der Waals surface area (Å²) in [6.45, 7) is 5.68. The monoisotopic (exact) mass is 276 g/mol. The van der Waals surface area contributed by atoms with Crippen LogP contribution in [0, 0.1) is 5.92 Å². The molecule has 20 heavy (non-hydrogen) atoms. The van der Waals surface area contributed by atoms with Gasteiger partial charge in [-0.05, 0) is 31.2 Å². The van der Waals surface area contributed by atoms with Crippen molar-refractivity contribution < 1.29 is 14.7 Å². The van der Waals surface area contributed by atoms with E-state index in [2.05, 4.69) is 5.16 Å². The Labute approximate surface area is 118 Å². The van der Waals surface area contributed by atoms with Crippen molar-refractivity contribution in [3.8, 4) is 5.75 Å². The quantitative estimate of drug-likeness (QED) is 0.681. The van der Waals surface area contributed by atoms with Crippen molar-refractivity contribution in [1.82, 2.24) is 4.90 Å². The number of nitrogens with zero attached hydrogens (tertiary/aromatic N) is 2. The average molecular weight is 276 g/mol. The molecule has 1 heterocycles. The van der Waals surface area contributed by atoms with Crippen molar-refractivity contribution in [3.05, 3.63) is 29.8 Å². The van der Waals surface area contributed by atoms with E-state index in [1.165, 1.54) is 0 Å². The minimum Gasteiger partial charge on any atom is -0.494 e. The summed E-state index contributed by atoms with van der Waals surface area (Å²) in [7, 11) is 0. The molecule has 1 fully saturated rings. The second kappa shape index (κ2) is 6.41. The predicted molar refractivity (Wildman–Crippen MR) is 76.5 cm³/mol. The Morgan fingerprint density at radius 3 is 2.70 bits per heavy atom. The van der Waals surface area contributed by atoms with Gasteiger partial charge in [0.15, 0.2) is 0 Å². The molecular weight excluding hydrogens is 256 g/mol. The number of hydrogen-bond donors (Lipinski definition) is 1. The van der Waals surface area contributed by atoms with Crippen molar-refractivity contribution in [2.24, 2.45) is 11.1 Å². The maximum Gasteiger partial charge on any atom is 0.253 e. The molecule has 1 aromatic rings. The third-order valence-electron chi connectivity index (χ3n) is 3.53. The maximum atomic E-state index is 12.4. The highest BCUT2D eigenvalue weighted by molar-refractivity contribution is 5.96. The molecule has 0 aliphatic carbocycles. The molecule has 1 aromatic carbocycles. The Bertz CT molecular complexity index is 496. The van der Waals surface area contributed by atoms with Crippen LogP contribution in [0.25, 0.3) is 0 Å². The molecule has 0 saturated carbocycles. The molecule has 5 heteroatoms. The highest BCUT2D eigenvalue weighted by Gasteiger charge is 2.26. The van der Waals surface area contributed by atoms with E-state index in [-0.39, 0.29) is 11.8 Å². The SMILES string of the molecule is CCOc1ccc(C(=O)N2CC/C(=N/O)C(C)C2)cc1. The summed E-state index contributed by atoms with van der Waals surface area (Å²) in [5.74, 6) is 0.878. The molecule has 0 aromatic heterocycles. The predicted octanol–water partition coefficient (Wildman–Crippen LogP) is 2.40. The molecule has 5 nitrogen and oxygen atoms in total. The van der Waals surface area contributed by atoms with Gasteiger partial charge < -0.3 is 14.8 Å². The minimum atomic E-state index is 0.0110. The third-order valence-corrected chi connectivity index (χ3v) is 3.53. The number of hydrogen-bond acceptors (Lipinski definition) is 4. The lowest BCUT2D eigenvalue weighted by Crippen LogP contribution is -2.43. The second-order valence-electron chi connectivity index (χ2n) is 4.95. The smallest absolute Gasteiger partial charge is 0.253 e. The van der Waals surface area contributed by atoms with E-state index >= 15 is 0 Å². The van der Waals surface area contributed by atoms with E-state index in [0.29, 0.717) is 31.7 Å². The van der Waals surface area contributed by atoms with Gasteiger partial charge in [-0.15, -0.1) is 0 Å². The van der Waals surface area contributed by atoms with Crippen molar-refractivity contribution in [2.75, 3.05) is 19.7 Å². The number of likely N-dealkylation sites (tertiary alicyclic amines) is 1. The van der Waals surface area contributed by atoms with Gasteiger partial charge in [-0.1, -0.05) is 12.1 Å². The van der Waals surface area contributed by atoms with Gasteiger partial charge in [0, 0.05) is 31.0 Å². The molecule has 0 spiro atoms. The van der Waals surface area contributed by atoms with Gasteiger partial charge in [0.2, 0.25) is 0 Å². The van der Waals surface area contributed by atoms with Crippen molar-refractivity contribution in [2.45, 2.75) is 20.3 Å². The Kier molecular flexibility index (Phi) is 4.61. The Morgan fingerprint density at radius 2 is 2.15 bits per heavy atom. The molecule has 0 bridgehead atoms. The molecule has 1 N–H and O–H groups in total. The molecule has 1 aliphatic rings. The number of carbonyl (C=O) groups excluding carboxylic acids is 1. The van der Waals surface area contributed by atoms with Crippen LogP contribution in [0.5, 0.6) is 5.75 Å². The van der Waals surface area contributed by atoms with Gasteiger partial charge >= 0.3 is 0 Å². The van der Waals surface area contributed by atoms with E-state index in [9.17, 15) is 4.79 Å². The van der Waals surface area contributed by atoms with Crippen LogP contribution >= 0.6 is 0 Å². The number of rotatable bonds is 3. The van der Waals surface area contributed by atoms with Crippen LogP contribution < -0.4 is 4.74 Å². The highest BCUT2D eigenvalue weighted by Crippen LogP contribution is 2.18. The fraction of sp³-hybridized carbons (Fsp3) is 0.467. The van der Waals surface area contributed by atoms with Gasteiger partial charge in [0.05, 0.1) is 12.3 Å². The summed E-state index contributed by atoms with van der Waals surface area (Å²) >= 11 is 0. The van der Waals surface area contributed by atoms with E-state index < -0.39 is 0 Å². The normalized spacial score (nSPS) is 21.0. The van der Waals surface area contributed by atoms with Crippen molar-refractivity contribution in [1.29, 1.82) is 0 Å². The zero-order chi connectivity index (χ0) is 14.5. The first-order chi connectivity index (χ1) is 9.65. The Morgan fingerprint density at radius 1 is 1.45 bits per heavy atom. The number of benzene rings is 1. The lowest BCUT2D eigenvalue weighted by Gasteiger charge is -2.31. The van der Waals surface area contributed by atoms with Crippen LogP contribution in [0.1, 0.15) is 30.6 Å². The van der Waals surface area contributed by atoms with Gasteiger partial charge in [-0.25, -0.2) is 0 Å². The van der Waals surface area contributed by atoms with Gasteiger partial charge in [0.25, 0.3) is 5.91 Å². The standard InChI is InChI=1S/C15H20N2O3/c1-3-20-13-6-4-12(5-7-13)15(18)17-9-8-14(16-19)11(2)10-17/h4-7,11,19H,3,8-10H2,1-2H3/b16-14-. The first-order valence-corrected chi connectivity index (χ1v) is 6.88. The fourth-order valence-corrected chi connectivity index (χ4v) is 2.40. The summed E-state index contributed by atoms with van der Waals surface area (Å²) in [5, 5.41) is 12.1. The largest absolute Gasteiger partial charge is 0.494 e. The van der Waals surface area contributed by atoms with Crippen LogP contribution in [0.2, 0.25) is 0 Å². The molecule has 1 amide bonds. The molecule has 108 valence electrons. The van der Waals surface area contributed by atoms with Crippen LogP contribution in [0.15, 0.2) is 29.4 Å². The minimum absolute atomic E-state index is 0.0110. The number of ether oxygens (including phenoxy) is 1. The van der Waals surface area contributed by atoms with Gasteiger partial charge in [-0.3, -0.25) is 4.79 Å². The molecule has 1 atom stereocenters. The van der Waals surface area contributed by atoms with Crippen LogP contribution in [0.3, 0.4) is 0 Å². The van der Waals surface area contributed by atoms with Crippen LogP contribution in [-0.2, 0) is 0 Å². The van der Waals surface area contributed by atoms with Crippen molar-refractivity contribution >= 4 is 11.6 Å². The van der Waals surface area contributed by atoms with E-state index in [1.807, 2.05) is 26.0 Å².